The number of hydrogen-bond acceptors (Lipinski definition) is 4. The van der Waals surface area contributed by atoms with E-state index in [1.165, 1.54) is 12.0 Å². The van der Waals surface area contributed by atoms with Crippen LogP contribution in [0.4, 0.5) is 5.69 Å². The number of carbonyl (C=O) groups is 2. The van der Waals surface area contributed by atoms with E-state index in [2.05, 4.69) is 21.2 Å². The number of carbonyl (C=O) groups excluding carboxylic acids is 2. The summed E-state index contributed by atoms with van der Waals surface area (Å²) in [7, 11) is 4.80. The molecule has 0 atom stereocenters. The molecule has 7 heteroatoms. The van der Waals surface area contributed by atoms with Gasteiger partial charge >= 0.3 is 0 Å². The Hall–Kier alpha value is -2.28. The van der Waals surface area contributed by atoms with Crippen molar-refractivity contribution >= 4 is 33.4 Å². The molecular weight excluding hydrogens is 352 g/mol. The normalized spacial score (nSPS) is 10.2. The van der Waals surface area contributed by atoms with Gasteiger partial charge in [-0.3, -0.25) is 9.59 Å². The van der Waals surface area contributed by atoms with Crippen LogP contribution >= 0.6 is 15.9 Å². The van der Waals surface area contributed by atoms with E-state index >= 15 is 0 Å². The summed E-state index contributed by atoms with van der Waals surface area (Å²) in [6.07, 6.45) is 0. The van der Waals surface area contributed by atoms with Gasteiger partial charge in [-0.1, -0.05) is 0 Å². The van der Waals surface area contributed by atoms with E-state index in [-0.39, 0.29) is 11.7 Å². The zero-order valence-electron chi connectivity index (χ0n) is 12.3. The second-order valence-electron chi connectivity index (χ2n) is 4.67. The predicted molar refractivity (Wildman–Crippen MR) is 85.4 cm³/mol. The van der Waals surface area contributed by atoms with E-state index in [0.717, 1.165) is 0 Å². The fourth-order valence-corrected chi connectivity index (χ4v) is 2.12. The van der Waals surface area contributed by atoms with Crippen LogP contribution in [0.2, 0.25) is 0 Å². The van der Waals surface area contributed by atoms with Crippen LogP contribution in [0.15, 0.2) is 39.4 Å². The van der Waals surface area contributed by atoms with Crippen molar-refractivity contribution in [2.24, 2.45) is 0 Å². The van der Waals surface area contributed by atoms with E-state index in [1.54, 1.807) is 44.4 Å². The zero-order valence-corrected chi connectivity index (χ0v) is 13.9. The van der Waals surface area contributed by atoms with Gasteiger partial charge in [0.15, 0.2) is 10.4 Å². The number of hydrogen-bond donors (Lipinski definition) is 1. The van der Waals surface area contributed by atoms with Crippen LogP contribution in [0.1, 0.15) is 20.9 Å². The standard InChI is InChI=1S/C15H15BrN2O4/c1-18(2)15(20)9-4-5-11(21-3)10(8-9)17-14(19)12-6-7-13(16)22-12/h4-8H,1-3H3,(H,17,19). The van der Waals surface area contributed by atoms with Crippen LogP contribution in [0.25, 0.3) is 0 Å². The minimum absolute atomic E-state index is 0.151. The first-order chi connectivity index (χ1) is 10.4. The quantitative estimate of drug-likeness (QED) is 0.902. The average Bonchev–Trinajstić information content (AvgIpc) is 2.93. The topological polar surface area (TPSA) is 71.8 Å². The summed E-state index contributed by atoms with van der Waals surface area (Å²) in [4.78, 5) is 25.6. The largest absolute Gasteiger partial charge is 0.495 e. The fraction of sp³-hybridized carbons (Fsp3) is 0.200. The van der Waals surface area contributed by atoms with Gasteiger partial charge in [0.25, 0.3) is 11.8 Å². The second-order valence-corrected chi connectivity index (χ2v) is 5.45. The SMILES string of the molecule is COc1ccc(C(=O)N(C)C)cc1NC(=O)c1ccc(Br)o1. The Balaban J connectivity index is 2.30. The third-order valence-corrected chi connectivity index (χ3v) is 3.32. The maximum Gasteiger partial charge on any atom is 0.291 e. The number of methoxy groups -OCH3 is 1. The van der Waals surface area contributed by atoms with Crippen molar-refractivity contribution in [2.75, 3.05) is 26.5 Å². The highest BCUT2D eigenvalue weighted by Crippen LogP contribution is 2.27. The average molecular weight is 367 g/mol. The molecule has 0 aliphatic carbocycles. The first-order valence-electron chi connectivity index (χ1n) is 6.38. The summed E-state index contributed by atoms with van der Waals surface area (Å²) in [5.41, 5.74) is 0.842. The van der Waals surface area contributed by atoms with E-state index in [9.17, 15) is 9.59 Å². The van der Waals surface area contributed by atoms with Gasteiger partial charge < -0.3 is 19.4 Å². The number of amides is 2. The molecule has 1 heterocycles. The van der Waals surface area contributed by atoms with Gasteiger partial charge in [-0.25, -0.2) is 0 Å². The number of rotatable bonds is 4. The molecule has 2 amide bonds. The van der Waals surface area contributed by atoms with E-state index < -0.39 is 5.91 Å². The van der Waals surface area contributed by atoms with Crippen molar-refractivity contribution in [1.82, 2.24) is 4.90 Å². The number of nitrogens with zero attached hydrogens (tertiary/aromatic N) is 1. The summed E-state index contributed by atoms with van der Waals surface area (Å²) < 4.78 is 10.9. The highest BCUT2D eigenvalue weighted by molar-refractivity contribution is 9.10. The minimum atomic E-state index is -0.432. The zero-order chi connectivity index (χ0) is 16.3. The molecule has 116 valence electrons. The summed E-state index contributed by atoms with van der Waals surface area (Å²) in [6.45, 7) is 0. The number of furan rings is 1. The molecule has 22 heavy (non-hydrogen) atoms. The van der Waals surface area contributed by atoms with Gasteiger partial charge in [0, 0.05) is 19.7 Å². The maximum absolute atomic E-state index is 12.1. The molecular formula is C15H15BrN2O4. The number of halogens is 1. The van der Waals surface area contributed by atoms with Crippen LogP contribution in [0.5, 0.6) is 5.75 Å². The molecule has 0 aliphatic rings. The van der Waals surface area contributed by atoms with Gasteiger partial charge in [0.1, 0.15) is 5.75 Å². The Bertz CT molecular complexity index is 709. The molecule has 1 aromatic heterocycles. The predicted octanol–water partition coefficient (Wildman–Crippen LogP) is 3.00. The molecule has 0 saturated carbocycles. The van der Waals surface area contributed by atoms with Crippen LogP contribution in [0, 0.1) is 0 Å². The van der Waals surface area contributed by atoms with Gasteiger partial charge in [0.05, 0.1) is 12.8 Å². The summed E-state index contributed by atoms with van der Waals surface area (Å²) in [6, 6.07) is 8.00. The lowest BCUT2D eigenvalue weighted by Crippen LogP contribution is -2.22. The van der Waals surface area contributed by atoms with E-state index in [4.69, 9.17) is 9.15 Å². The van der Waals surface area contributed by atoms with Crippen molar-refractivity contribution < 1.29 is 18.7 Å². The second kappa shape index (κ2) is 6.65. The lowest BCUT2D eigenvalue weighted by molar-refractivity contribution is 0.0827. The van der Waals surface area contributed by atoms with Crippen LogP contribution in [-0.4, -0.2) is 37.9 Å². The molecule has 0 saturated heterocycles. The number of ether oxygens (including phenoxy) is 1. The van der Waals surface area contributed by atoms with Crippen molar-refractivity contribution in [3.05, 3.63) is 46.3 Å². The highest BCUT2D eigenvalue weighted by Gasteiger charge is 2.16. The Morgan fingerprint density at radius 1 is 1.23 bits per heavy atom. The molecule has 1 N–H and O–H groups in total. The van der Waals surface area contributed by atoms with Gasteiger partial charge in [-0.15, -0.1) is 0 Å². The summed E-state index contributed by atoms with van der Waals surface area (Å²) in [5, 5.41) is 2.68. The Morgan fingerprint density at radius 3 is 2.50 bits per heavy atom. The van der Waals surface area contributed by atoms with Gasteiger partial charge in [-0.05, 0) is 46.3 Å². The van der Waals surface area contributed by atoms with Crippen molar-refractivity contribution in [2.45, 2.75) is 0 Å². The first kappa shape index (κ1) is 16.1. The number of nitrogens with one attached hydrogen (secondary N) is 1. The molecule has 2 rings (SSSR count). The molecule has 0 aliphatic heterocycles. The Kier molecular flexibility index (Phi) is 4.87. The third kappa shape index (κ3) is 3.48. The van der Waals surface area contributed by atoms with Crippen molar-refractivity contribution in [1.29, 1.82) is 0 Å². The van der Waals surface area contributed by atoms with E-state index in [0.29, 0.717) is 21.7 Å². The summed E-state index contributed by atoms with van der Waals surface area (Å²) in [5.74, 6) is 0.00453. The summed E-state index contributed by atoms with van der Waals surface area (Å²) >= 11 is 3.14. The van der Waals surface area contributed by atoms with Crippen LogP contribution in [0.3, 0.4) is 0 Å². The molecule has 2 aromatic rings. The molecule has 0 fully saturated rings. The minimum Gasteiger partial charge on any atom is -0.495 e. The monoisotopic (exact) mass is 366 g/mol. The lowest BCUT2D eigenvalue weighted by Gasteiger charge is -2.14. The van der Waals surface area contributed by atoms with Gasteiger partial charge in [-0.2, -0.15) is 0 Å². The smallest absolute Gasteiger partial charge is 0.291 e. The molecule has 0 radical (unpaired) electrons. The fourth-order valence-electron chi connectivity index (χ4n) is 1.82. The van der Waals surface area contributed by atoms with E-state index in [1.807, 2.05) is 0 Å². The molecule has 0 spiro atoms. The van der Waals surface area contributed by atoms with Crippen LogP contribution in [-0.2, 0) is 0 Å². The van der Waals surface area contributed by atoms with Crippen molar-refractivity contribution in [3.8, 4) is 5.75 Å². The lowest BCUT2D eigenvalue weighted by atomic mass is 10.1. The van der Waals surface area contributed by atoms with Crippen LogP contribution < -0.4 is 10.1 Å². The Morgan fingerprint density at radius 2 is 1.95 bits per heavy atom. The Labute approximate surface area is 136 Å². The molecule has 0 unspecified atom stereocenters. The van der Waals surface area contributed by atoms with Crippen molar-refractivity contribution in [3.63, 3.8) is 0 Å². The molecule has 1 aromatic carbocycles. The first-order valence-corrected chi connectivity index (χ1v) is 7.18. The van der Waals surface area contributed by atoms with Gasteiger partial charge in [0.2, 0.25) is 0 Å². The molecule has 0 bridgehead atoms. The maximum atomic E-state index is 12.1. The number of benzene rings is 1. The highest BCUT2D eigenvalue weighted by atomic mass is 79.9. The number of anilines is 1. The molecule has 6 nitrogen and oxygen atoms in total. The third-order valence-electron chi connectivity index (χ3n) is 2.90.